The average molecular weight is 408 g/mol. The number of rotatable bonds is 7. The number of ketones is 1. The van der Waals surface area contributed by atoms with E-state index in [-0.39, 0.29) is 12.0 Å². The van der Waals surface area contributed by atoms with Gasteiger partial charge in [0.05, 0.1) is 5.69 Å². The number of carbonyl (C=O) groups is 1. The minimum atomic E-state index is -0.192. The van der Waals surface area contributed by atoms with E-state index in [0.717, 1.165) is 42.5 Å². The Morgan fingerprint density at radius 1 is 1.13 bits per heavy atom. The van der Waals surface area contributed by atoms with E-state index in [1.165, 1.54) is 38.5 Å². The largest absolute Gasteiger partial charge is 0.368 e. The van der Waals surface area contributed by atoms with Gasteiger partial charge >= 0.3 is 0 Å². The Balaban J connectivity index is 1.45. The first-order chi connectivity index (χ1) is 14.7. The Morgan fingerprint density at radius 3 is 2.73 bits per heavy atom. The fourth-order valence-corrected chi connectivity index (χ4v) is 4.83. The van der Waals surface area contributed by atoms with Crippen LogP contribution in [0.4, 0.5) is 11.8 Å². The molecule has 6 nitrogen and oxygen atoms in total. The lowest BCUT2D eigenvalue weighted by atomic mass is 9.85. The predicted molar refractivity (Wildman–Crippen MR) is 121 cm³/mol. The van der Waals surface area contributed by atoms with Crippen LogP contribution in [0, 0.1) is 5.92 Å². The number of nitrogen functional groups attached to an aromatic ring is 1. The molecule has 2 heterocycles. The summed E-state index contributed by atoms with van der Waals surface area (Å²) >= 11 is 0. The molecular formula is C24H33N5O. The molecule has 1 aromatic carbocycles. The Bertz CT molecular complexity index is 835. The van der Waals surface area contributed by atoms with E-state index in [4.69, 9.17) is 5.73 Å². The molecule has 0 bridgehead atoms. The van der Waals surface area contributed by atoms with Crippen LogP contribution in [-0.2, 0) is 4.79 Å². The molecule has 1 atom stereocenters. The van der Waals surface area contributed by atoms with Crippen molar-refractivity contribution in [2.75, 3.05) is 30.3 Å². The van der Waals surface area contributed by atoms with Gasteiger partial charge in [0.1, 0.15) is 11.9 Å². The van der Waals surface area contributed by atoms with Crippen LogP contribution in [0.2, 0.25) is 0 Å². The van der Waals surface area contributed by atoms with Crippen molar-refractivity contribution in [2.45, 2.75) is 57.4 Å². The summed E-state index contributed by atoms with van der Waals surface area (Å²) in [4.78, 5) is 24.1. The van der Waals surface area contributed by atoms with Gasteiger partial charge in [0, 0.05) is 37.7 Å². The second kappa shape index (κ2) is 10.0. The fourth-order valence-electron chi connectivity index (χ4n) is 4.83. The van der Waals surface area contributed by atoms with E-state index in [1.54, 1.807) is 0 Å². The lowest BCUT2D eigenvalue weighted by Gasteiger charge is -2.36. The number of benzene rings is 1. The summed E-state index contributed by atoms with van der Waals surface area (Å²) in [6, 6.07) is 11.7. The maximum atomic E-state index is 13.1. The van der Waals surface area contributed by atoms with Crippen molar-refractivity contribution in [3.8, 4) is 11.3 Å². The third kappa shape index (κ3) is 5.17. The molecule has 4 rings (SSSR count). The maximum Gasteiger partial charge on any atom is 0.222 e. The van der Waals surface area contributed by atoms with Gasteiger partial charge in [0.25, 0.3) is 0 Å². The zero-order valence-corrected chi connectivity index (χ0v) is 17.7. The van der Waals surface area contributed by atoms with Gasteiger partial charge in [-0.15, -0.1) is 0 Å². The van der Waals surface area contributed by atoms with E-state index in [2.05, 4.69) is 20.2 Å². The van der Waals surface area contributed by atoms with E-state index >= 15 is 0 Å². The van der Waals surface area contributed by atoms with Crippen molar-refractivity contribution in [3.05, 3.63) is 36.4 Å². The number of aromatic nitrogens is 2. The summed E-state index contributed by atoms with van der Waals surface area (Å²) in [6.07, 6.45) is 9.60. The van der Waals surface area contributed by atoms with Gasteiger partial charge in [0.15, 0.2) is 5.78 Å². The highest BCUT2D eigenvalue weighted by Gasteiger charge is 2.30. The minimum Gasteiger partial charge on any atom is -0.368 e. The van der Waals surface area contributed by atoms with Gasteiger partial charge in [-0.05, 0) is 12.3 Å². The van der Waals surface area contributed by atoms with E-state index in [9.17, 15) is 4.79 Å². The quantitative estimate of drug-likeness (QED) is 0.726. The van der Waals surface area contributed by atoms with Crippen LogP contribution in [0.15, 0.2) is 36.4 Å². The number of nitrogens with zero attached hydrogens (tertiary/aromatic N) is 3. The number of hydrogen-bond acceptors (Lipinski definition) is 6. The van der Waals surface area contributed by atoms with Crippen molar-refractivity contribution in [1.29, 1.82) is 0 Å². The van der Waals surface area contributed by atoms with Crippen LogP contribution in [0.5, 0.6) is 0 Å². The average Bonchev–Trinajstić information content (AvgIpc) is 2.80. The molecule has 1 aromatic heterocycles. The molecule has 2 fully saturated rings. The van der Waals surface area contributed by atoms with E-state index in [1.807, 2.05) is 36.4 Å². The molecule has 1 aliphatic heterocycles. The Hall–Kier alpha value is -2.47. The molecule has 0 amide bonds. The minimum absolute atomic E-state index is 0.192. The van der Waals surface area contributed by atoms with Crippen LogP contribution < -0.4 is 16.0 Å². The summed E-state index contributed by atoms with van der Waals surface area (Å²) in [5, 5.41) is 3.38. The highest BCUT2D eigenvalue weighted by Crippen LogP contribution is 2.29. The van der Waals surface area contributed by atoms with Gasteiger partial charge in [-0.25, -0.2) is 4.98 Å². The van der Waals surface area contributed by atoms with Crippen molar-refractivity contribution in [3.63, 3.8) is 0 Å². The third-order valence-electron chi connectivity index (χ3n) is 6.47. The number of Topliss-reactive ketones (excluding diaryl/α,β-unsaturated/α-hetero) is 1. The van der Waals surface area contributed by atoms with Crippen LogP contribution in [0.1, 0.15) is 51.4 Å². The molecule has 2 aliphatic rings. The topological polar surface area (TPSA) is 84.1 Å². The first-order valence-electron chi connectivity index (χ1n) is 11.4. The molecule has 2 aromatic rings. The summed E-state index contributed by atoms with van der Waals surface area (Å²) in [5.74, 6) is 2.11. The Morgan fingerprint density at radius 2 is 1.93 bits per heavy atom. The lowest BCUT2D eigenvalue weighted by molar-refractivity contribution is -0.120. The lowest BCUT2D eigenvalue weighted by Crippen LogP contribution is -2.55. The highest BCUT2D eigenvalue weighted by molar-refractivity contribution is 5.87. The molecule has 1 aliphatic carbocycles. The van der Waals surface area contributed by atoms with E-state index in [0.29, 0.717) is 18.7 Å². The van der Waals surface area contributed by atoms with Crippen LogP contribution >= 0.6 is 0 Å². The normalized spacial score (nSPS) is 20.3. The molecule has 1 saturated carbocycles. The van der Waals surface area contributed by atoms with Gasteiger partial charge in [-0.1, -0.05) is 68.9 Å². The highest BCUT2D eigenvalue weighted by atomic mass is 16.1. The molecule has 1 saturated heterocycles. The molecule has 1 unspecified atom stereocenters. The van der Waals surface area contributed by atoms with Crippen molar-refractivity contribution in [1.82, 2.24) is 15.3 Å². The molecule has 3 N–H and O–H groups in total. The third-order valence-corrected chi connectivity index (χ3v) is 6.47. The zero-order chi connectivity index (χ0) is 20.8. The molecule has 0 radical (unpaired) electrons. The molecular weight excluding hydrogens is 374 g/mol. The first kappa shape index (κ1) is 20.8. The molecule has 160 valence electrons. The van der Waals surface area contributed by atoms with Crippen molar-refractivity contribution < 1.29 is 4.79 Å². The van der Waals surface area contributed by atoms with E-state index < -0.39 is 0 Å². The van der Waals surface area contributed by atoms with Gasteiger partial charge < -0.3 is 16.0 Å². The second-order valence-corrected chi connectivity index (χ2v) is 8.61. The summed E-state index contributed by atoms with van der Waals surface area (Å²) in [5.41, 5.74) is 7.83. The number of anilines is 2. The monoisotopic (exact) mass is 407 g/mol. The summed E-state index contributed by atoms with van der Waals surface area (Å²) in [7, 11) is 0. The summed E-state index contributed by atoms with van der Waals surface area (Å²) < 4.78 is 0. The number of nitrogens with one attached hydrogen (secondary N) is 1. The number of nitrogens with two attached hydrogens (primary N) is 1. The number of carbonyl (C=O) groups excluding carboxylic acids is 1. The van der Waals surface area contributed by atoms with Gasteiger partial charge in [-0.2, -0.15) is 4.98 Å². The second-order valence-electron chi connectivity index (χ2n) is 8.61. The smallest absolute Gasteiger partial charge is 0.222 e. The van der Waals surface area contributed by atoms with Crippen LogP contribution in [0.25, 0.3) is 11.3 Å². The number of hydrogen-bond donors (Lipinski definition) is 2. The van der Waals surface area contributed by atoms with Crippen molar-refractivity contribution >= 4 is 17.5 Å². The standard InChI is InChI=1S/C24H33N5O/c25-24-27-20(19-11-5-2-6-12-19)16-23(28-24)29-15-14-26-17-21(29)22(30)13-7-10-18-8-3-1-4-9-18/h2,5-6,11-12,16,18,21,26H,1,3-4,7-10,13-15,17H2,(H2,25,27,28). The molecule has 30 heavy (non-hydrogen) atoms. The number of piperazine rings is 1. The maximum absolute atomic E-state index is 13.1. The molecule has 6 heteroatoms. The fraction of sp³-hybridized carbons (Fsp3) is 0.542. The Labute approximate surface area is 179 Å². The SMILES string of the molecule is Nc1nc(-c2ccccc2)cc(N2CCNCC2C(=O)CCCC2CCCCC2)n1. The van der Waals surface area contributed by atoms with Crippen LogP contribution in [-0.4, -0.2) is 41.4 Å². The predicted octanol–water partition coefficient (Wildman–Crippen LogP) is 3.82. The first-order valence-corrected chi connectivity index (χ1v) is 11.4. The van der Waals surface area contributed by atoms with Crippen LogP contribution in [0.3, 0.4) is 0 Å². The Kier molecular flexibility index (Phi) is 6.95. The molecule has 0 spiro atoms. The van der Waals surface area contributed by atoms with Gasteiger partial charge in [0.2, 0.25) is 5.95 Å². The summed E-state index contributed by atoms with van der Waals surface area (Å²) in [6.45, 7) is 2.23. The zero-order valence-electron chi connectivity index (χ0n) is 17.7. The van der Waals surface area contributed by atoms with Gasteiger partial charge in [-0.3, -0.25) is 4.79 Å². The van der Waals surface area contributed by atoms with Crippen molar-refractivity contribution in [2.24, 2.45) is 5.92 Å².